The van der Waals surface area contributed by atoms with Crippen molar-refractivity contribution in [2.45, 2.75) is 40.3 Å². The highest BCUT2D eigenvalue weighted by atomic mass is 16.4. The Hall–Kier alpha value is -1.43. The summed E-state index contributed by atoms with van der Waals surface area (Å²) < 4.78 is 1.86. The van der Waals surface area contributed by atoms with Crippen molar-refractivity contribution in [1.29, 1.82) is 0 Å². The normalized spacial score (nSPS) is 24.2. The van der Waals surface area contributed by atoms with Crippen LogP contribution in [-0.4, -0.2) is 43.8 Å². The molecule has 106 valence electrons. The van der Waals surface area contributed by atoms with E-state index in [2.05, 4.69) is 15.0 Å². The summed E-state index contributed by atoms with van der Waals surface area (Å²) in [5.74, 6) is 0.369. The van der Waals surface area contributed by atoms with Crippen molar-refractivity contribution in [2.75, 3.05) is 13.1 Å². The van der Waals surface area contributed by atoms with Crippen molar-refractivity contribution in [1.82, 2.24) is 19.7 Å². The Balaban J connectivity index is 2.08. The van der Waals surface area contributed by atoms with Crippen LogP contribution in [0.15, 0.2) is 6.33 Å². The molecule has 1 fully saturated rings. The van der Waals surface area contributed by atoms with E-state index < -0.39 is 11.4 Å². The molecule has 1 aliphatic heterocycles. The summed E-state index contributed by atoms with van der Waals surface area (Å²) in [5, 5.41) is 13.7. The molecule has 0 aliphatic carbocycles. The first-order valence-corrected chi connectivity index (χ1v) is 6.82. The highest BCUT2D eigenvalue weighted by molar-refractivity contribution is 5.75. The van der Waals surface area contributed by atoms with E-state index in [0.717, 1.165) is 18.9 Å². The van der Waals surface area contributed by atoms with Crippen LogP contribution in [0.2, 0.25) is 0 Å². The van der Waals surface area contributed by atoms with Crippen LogP contribution in [0, 0.1) is 11.3 Å². The summed E-state index contributed by atoms with van der Waals surface area (Å²) in [6.07, 6.45) is 2.27. The number of hydrogen-bond acceptors (Lipinski definition) is 4. The number of rotatable bonds is 5. The molecule has 0 radical (unpaired) electrons. The van der Waals surface area contributed by atoms with Crippen molar-refractivity contribution < 1.29 is 9.90 Å². The maximum Gasteiger partial charge on any atom is 0.311 e. The fraction of sp³-hybridized carbons (Fsp3) is 0.769. The maximum absolute atomic E-state index is 11.6. The molecule has 0 spiro atoms. The second kappa shape index (κ2) is 5.28. The zero-order valence-corrected chi connectivity index (χ0v) is 11.8. The van der Waals surface area contributed by atoms with Crippen molar-refractivity contribution in [3.8, 4) is 0 Å². The molecule has 1 atom stereocenters. The molecule has 6 nitrogen and oxygen atoms in total. The van der Waals surface area contributed by atoms with Gasteiger partial charge in [-0.2, -0.15) is 5.10 Å². The molecule has 1 unspecified atom stereocenters. The maximum atomic E-state index is 11.6. The summed E-state index contributed by atoms with van der Waals surface area (Å²) in [6.45, 7) is 8.88. The molecule has 0 aromatic carbocycles. The summed E-state index contributed by atoms with van der Waals surface area (Å²) in [6, 6.07) is 0. The molecular weight excluding hydrogens is 244 g/mol. The molecule has 19 heavy (non-hydrogen) atoms. The van der Waals surface area contributed by atoms with Gasteiger partial charge < -0.3 is 5.11 Å². The fourth-order valence-electron chi connectivity index (χ4n) is 2.82. The van der Waals surface area contributed by atoms with Gasteiger partial charge >= 0.3 is 5.97 Å². The van der Waals surface area contributed by atoms with Crippen LogP contribution in [0.3, 0.4) is 0 Å². The molecule has 1 saturated heterocycles. The average Bonchev–Trinajstić information content (AvgIpc) is 2.96. The molecule has 2 heterocycles. The van der Waals surface area contributed by atoms with Crippen molar-refractivity contribution in [2.24, 2.45) is 11.3 Å². The van der Waals surface area contributed by atoms with Gasteiger partial charge in [0.1, 0.15) is 12.2 Å². The molecule has 0 saturated carbocycles. The summed E-state index contributed by atoms with van der Waals surface area (Å²) in [7, 11) is 0. The molecule has 1 N–H and O–H groups in total. The third kappa shape index (κ3) is 2.49. The first kappa shape index (κ1) is 14.0. The number of aromatic nitrogens is 3. The van der Waals surface area contributed by atoms with Crippen LogP contribution in [0.5, 0.6) is 0 Å². The van der Waals surface area contributed by atoms with Gasteiger partial charge in [0.05, 0.1) is 12.0 Å². The number of hydrogen-bond donors (Lipinski definition) is 1. The smallest absolute Gasteiger partial charge is 0.311 e. The number of aryl methyl sites for hydroxylation is 1. The van der Waals surface area contributed by atoms with E-state index in [4.69, 9.17) is 0 Å². The summed E-state index contributed by atoms with van der Waals surface area (Å²) in [5.41, 5.74) is -0.614. The van der Waals surface area contributed by atoms with Gasteiger partial charge in [-0.15, -0.1) is 0 Å². The lowest BCUT2D eigenvalue weighted by Gasteiger charge is -2.28. The van der Waals surface area contributed by atoms with Crippen LogP contribution in [-0.2, 0) is 17.9 Å². The van der Waals surface area contributed by atoms with Crippen molar-refractivity contribution in [3.05, 3.63) is 12.2 Å². The average molecular weight is 266 g/mol. The van der Waals surface area contributed by atoms with Gasteiger partial charge in [-0.3, -0.25) is 9.69 Å². The lowest BCUT2D eigenvalue weighted by Crippen LogP contribution is -2.39. The number of aliphatic carboxylic acids is 1. The van der Waals surface area contributed by atoms with Crippen LogP contribution in [0.25, 0.3) is 0 Å². The Kier molecular flexibility index (Phi) is 3.89. The Morgan fingerprint density at radius 1 is 1.58 bits per heavy atom. The Labute approximate surface area is 113 Å². The highest BCUT2D eigenvalue weighted by Crippen LogP contribution is 2.38. The fourth-order valence-corrected chi connectivity index (χ4v) is 2.82. The van der Waals surface area contributed by atoms with E-state index in [1.54, 1.807) is 6.33 Å². The zero-order valence-electron chi connectivity index (χ0n) is 11.8. The molecular formula is C13H22N4O2. The minimum absolute atomic E-state index is 0.138. The van der Waals surface area contributed by atoms with Gasteiger partial charge in [-0.25, -0.2) is 9.67 Å². The Bertz CT molecular complexity index is 457. The van der Waals surface area contributed by atoms with E-state index in [-0.39, 0.29) is 5.92 Å². The van der Waals surface area contributed by atoms with Crippen LogP contribution in [0.1, 0.15) is 33.0 Å². The van der Waals surface area contributed by atoms with Gasteiger partial charge in [0.2, 0.25) is 0 Å². The predicted molar refractivity (Wildman–Crippen MR) is 70.5 cm³/mol. The molecule has 6 heteroatoms. The number of likely N-dealkylation sites (tertiary alicyclic amines) is 1. The largest absolute Gasteiger partial charge is 0.481 e. The van der Waals surface area contributed by atoms with Gasteiger partial charge in [0.25, 0.3) is 0 Å². The minimum atomic E-state index is -0.679. The van der Waals surface area contributed by atoms with E-state index in [9.17, 15) is 9.90 Å². The lowest BCUT2D eigenvalue weighted by atomic mass is 9.76. The topological polar surface area (TPSA) is 71.2 Å². The molecule has 1 aliphatic rings. The second-order valence-electron chi connectivity index (χ2n) is 5.57. The van der Waals surface area contributed by atoms with Gasteiger partial charge in [0.15, 0.2) is 0 Å². The van der Waals surface area contributed by atoms with Gasteiger partial charge in [-0.05, 0) is 25.8 Å². The van der Waals surface area contributed by atoms with E-state index in [0.29, 0.717) is 19.5 Å². The first-order chi connectivity index (χ1) is 8.99. The molecule has 2 rings (SSSR count). The molecule has 1 aromatic heterocycles. The molecule has 1 aromatic rings. The van der Waals surface area contributed by atoms with E-state index in [1.807, 2.05) is 25.5 Å². The van der Waals surface area contributed by atoms with Crippen LogP contribution >= 0.6 is 0 Å². The number of carboxylic acids is 1. The van der Waals surface area contributed by atoms with Crippen molar-refractivity contribution >= 4 is 5.97 Å². The van der Waals surface area contributed by atoms with E-state index >= 15 is 0 Å². The predicted octanol–water partition coefficient (Wildman–Crippen LogP) is 1.23. The quantitative estimate of drug-likeness (QED) is 0.868. The van der Waals surface area contributed by atoms with Gasteiger partial charge in [0, 0.05) is 13.1 Å². The number of nitrogens with zero attached hydrogens (tertiary/aromatic N) is 4. The van der Waals surface area contributed by atoms with Crippen LogP contribution < -0.4 is 0 Å². The van der Waals surface area contributed by atoms with Gasteiger partial charge in [-0.1, -0.05) is 13.8 Å². The lowest BCUT2D eigenvalue weighted by molar-refractivity contribution is -0.151. The monoisotopic (exact) mass is 266 g/mol. The van der Waals surface area contributed by atoms with Crippen LogP contribution in [0.4, 0.5) is 0 Å². The number of carbonyl (C=O) groups is 1. The zero-order chi connectivity index (χ0) is 14.0. The molecule has 0 amide bonds. The third-order valence-electron chi connectivity index (χ3n) is 4.27. The Morgan fingerprint density at radius 3 is 2.84 bits per heavy atom. The second-order valence-corrected chi connectivity index (χ2v) is 5.57. The molecule has 0 bridgehead atoms. The minimum Gasteiger partial charge on any atom is -0.481 e. The van der Waals surface area contributed by atoms with Crippen molar-refractivity contribution in [3.63, 3.8) is 0 Å². The third-order valence-corrected chi connectivity index (χ3v) is 4.27. The summed E-state index contributed by atoms with van der Waals surface area (Å²) >= 11 is 0. The standard InChI is InChI=1S/C13H22N4O2/c1-4-17-11(14-9-15-17)7-16-6-5-13(8-16,10(2)3)12(18)19/h9-10H,4-8H2,1-3H3,(H,18,19). The SMILES string of the molecule is CCn1ncnc1CN1CCC(C(=O)O)(C(C)C)C1. The Morgan fingerprint density at radius 2 is 2.32 bits per heavy atom. The number of carboxylic acid groups (broad SMARTS) is 1. The first-order valence-electron chi connectivity index (χ1n) is 6.82. The van der Waals surface area contributed by atoms with E-state index in [1.165, 1.54) is 0 Å². The highest BCUT2D eigenvalue weighted by Gasteiger charge is 2.47. The summed E-state index contributed by atoms with van der Waals surface area (Å²) in [4.78, 5) is 18.0.